The third-order valence-electron chi connectivity index (χ3n) is 5.55. The van der Waals surface area contributed by atoms with Crippen LogP contribution in [-0.2, 0) is 0 Å². The second-order valence-electron chi connectivity index (χ2n) is 6.40. The molecule has 0 aromatic carbocycles. The van der Waals surface area contributed by atoms with E-state index in [0.29, 0.717) is 5.03 Å². The molecule has 132 valence electrons. The van der Waals surface area contributed by atoms with Crippen LogP contribution in [-0.4, -0.2) is 73.8 Å². The summed E-state index contributed by atoms with van der Waals surface area (Å²) in [7, 11) is 0. The fourth-order valence-electron chi connectivity index (χ4n) is 3.70. The third kappa shape index (κ3) is 4.19. The van der Waals surface area contributed by atoms with Crippen LogP contribution in [0.2, 0.25) is 0 Å². The molecule has 0 saturated carbocycles. The predicted octanol–water partition coefficient (Wildman–Crippen LogP) is 2.66. The van der Waals surface area contributed by atoms with Crippen LogP contribution in [0.1, 0.15) is 55.4 Å². The van der Waals surface area contributed by atoms with Crippen LogP contribution in [0.25, 0.3) is 0 Å². The van der Waals surface area contributed by atoms with E-state index >= 15 is 0 Å². The molecule has 0 N–H and O–H groups in total. The van der Waals surface area contributed by atoms with Gasteiger partial charge in [0.25, 0.3) is 16.3 Å². The van der Waals surface area contributed by atoms with Gasteiger partial charge in [-0.3, -0.25) is 0 Å². The first-order chi connectivity index (χ1) is 10.8. The van der Waals surface area contributed by atoms with E-state index in [4.69, 9.17) is 0 Å². The van der Waals surface area contributed by atoms with Gasteiger partial charge in [-0.15, -0.1) is 0 Å². The zero-order chi connectivity index (χ0) is 17.7. The lowest BCUT2D eigenvalue weighted by atomic mass is 10.3. The highest BCUT2D eigenvalue weighted by Crippen LogP contribution is 2.26. The molecule has 0 bridgehead atoms. The molecule has 2 aliphatic heterocycles. The minimum Gasteiger partial charge on any atom is -0.368 e. The molecule has 0 radical (unpaired) electrons. The lowest BCUT2D eigenvalue weighted by molar-refractivity contribution is 0.223. The van der Waals surface area contributed by atoms with E-state index in [0.717, 1.165) is 32.8 Å². The van der Waals surface area contributed by atoms with Gasteiger partial charge in [-0.2, -0.15) is 0 Å². The normalized spacial score (nSPS) is 19.1. The van der Waals surface area contributed by atoms with E-state index in [1.165, 1.54) is 39.1 Å². The average Bonchev–Trinajstić information content (AvgIpc) is 2.94. The Kier molecular flexibility index (Phi) is 7.83. The number of hydrogen-bond donors (Lipinski definition) is 0. The highest BCUT2D eigenvalue weighted by atomic mass is 27.0. The highest BCUT2D eigenvalue weighted by Gasteiger charge is 2.27. The Hall–Kier alpha value is -0.788. The van der Waals surface area contributed by atoms with Crippen molar-refractivity contribution < 1.29 is 0 Å². The van der Waals surface area contributed by atoms with Crippen molar-refractivity contribution in [1.82, 2.24) is 19.6 Å². The van der Waals surface area contributed by atoms with Crippen molar-refractivity contribution in [2.24, 2.45) is 0 Å². The Bertz CT molecular complexity index is 420. The summed E-state index contributed by atoms with van der Waals surface area (Å²) in [6.45, 7) is 23.4. The molecular formula is C18H37AlN4. The van der Waals surface area contributed by atoms with E-state index in [9.17, 15) is 0 Å². The summed E-state index contributed by atoms with van der Waals surface area (Å²) >= 11 is 1.23. The Morgan fingerprint density at radius 1 is 0.696 bits per heavy atom. The first-order valence-electron chi connectivity index (χ1n) is 9.21. The Balaban J connectivity index is 0.000000231. The van der Waals surface area contributed by atoms with Gasteiger partial charge in [0.05, 0.1) is 6.67 Å². The van der Waals surface area contributed by atoms with Gasteiger partial charge in [0.1, 0.15) is 0 Å². The molecule has 2 heterocycles. The lowest BCUT2D eigenvalue weighted by Gasteiger charge is -2.31. The molecule has 0 atom stereocenters. The summed E-state index contributed by atoms with van der Waals surface area (Å²) in [5, 5.41) is 0.694. The van der Waals surface area contributed by atoms with Crippen LogP contribution in [0.4, 0.5) is 0 Å². The van der Waals surface area contributed by atoms with Gasteiger partial charge in [0, 0.05) is 54.0 Å². The maximum Gasteiger partial charge on any atom is 0.281 e. The Labute approximate surface area is 152 Å². The molecule has 4 nitrogen and oxygen atoms in total. The molecule has 0 fully saturated rings. The summed E-state index contributed by atoms with van der Waals surface area (Å²) in [6.07, 6.45) is 0. The van der Waals surface area contributed by atoms with Crippen molar-refractivity contribution in [3.05, 3.63) is 22.8 Å². The van der Waals surface area contributed by atoms with E-state index in [2.05, 4.69) is 75.0 Å². The van der Waals surface area contributed by atoms with Crippen molar-refractivity contribution in [3.8, 4) is 0 Å². The maximum atomic E-state index is 2.51. The van der Waals surface area contributed by atoms with E-state index in [1.807, 2.05) is 0 Å². The maximum absolute atomic E-state index is 2.51. The van der Waals surface area contributed by atoms with Crippen LogP contribution in [0.5, 0.6) is 0 Å². The minimum absolute atomic E-state index is 0.694. The molecule has 2 rings (SSSR count). The smallest absolute Gasteiger partial charge is 0.281 e. The molecule has 2 aliphatic rings. The number of hydrogen-bond acceptors (Lipinski definition) is 4. The fourth-order valence-corrected chi connectivity index (χ4v) is 5.20. The second-order valence-corrected chi connectivity index (χ2v) is 7.43. The molecule has 0 aliphatic carbocycles. The Morgan fingerprint density at radius 2 is 1.04 bits per heavy atom. The third-order valence-corrected chi connectivity index (χ3v) is 6.79. The summed E-state index contributed by atoms with van der Waals surface area (Å²) < 4.78 is 0. The minimum atomic E-state index is 0.694. The van der Waals surface area contributed by atoms with Crippen molar-refractivity contribution in [1.29, 1.82) is 0 Å². The number of rotatable bonds is 4. The lowest BCUT2D eigenvalue weighted by Crippen LogP contribution is -2.40. The average molecular weight is 337 g/mol. The zero-order valence-electron chi connectivity index (χ0n) is 16.9. The van der Waals surface area contributed by atoms with Gasteiger partial charge in [0.2, 0.25) is 0 Å². The summed E-state index contributed by atoms with van der Waals surface area (Å²) in [4.78, 5) is 9.81. The van der Waals surface area contributed by atoms with Gasteiger partial charge in [-0.25, -0.2) is 0 Å². The SMILES string of the molecule is CCN1C(C)=C(C)N(CC)[CH]1[AlH2].CCN1CN(CC)C(C)=C1C. The van der Waals surface area contributed by atoms with Crippen molar-refractivity contribution >= 4 is 16.3 Å². The number of allylic oxidation sites excluding steroid dienone is 4. The molecular weight excluding hydrogens is 299 g/mol. The molecule has 0 aromatic rings. The molecule has 0 aromatic heterocycles. The number of nitrogens with zero attached hydrogens (tertiary/aromatic N) is 4. The predicted molar refractivity (Wildman–Crippen MR) is 103 cm³/mol. The standard InChI is InChI=1S/C9H18N2.C9H17N2.Al.2H/c2*1-5-10-7-11(6-2)9(4)8(10)3;;;/h5-7H2,1-4H3;7H,5-6H2,1-4H3;;;. The molecule has 0 amide bonds. The topological polar surface area (TPSA) is 13.0 Å². The van der Waals surface area contributed by atoms with E-state index in [1.54, 1.807) is 0 Å². The largest absolute Gasteiger partial charge is 0.368 e. The van der Waals surface area contributed by atoms with Crippen LogP contribution in [0.15, 0.2) is 22.8 Å². The summed E-state index contributed by atoms with van der Waals surface area (Å²) in [6, 6.07) is 0. The fraction of sp³-hybridized carbons (Fsp3) is 0.778. The quantitative estimate of drug-likeness (QED) is 0.732. The van der Waals surface area contributed by atoms with Crippen molar-refractivity contribution in [3.63, 3.8) is 0 Å². The molecule has 0 unspecified atom stereocenters. The van der Waals surface area contributed by atoms with E-state index in [-0.39, 0.29) is 0 Å². The first-order valence-corrected chi connectivity index (χ1v) is 10.4. The van der Waals surface area contributed by atoms with Gasteiger partial charge in [-0.1, -0.05) is 0 Å². The molecule has 0 saturated heterocycles. The monoisotopic (exact) mass is 336 g/mol. The first kappa shape index (κ1) is 20.3. The van der Waals surface area contributed by atoms with Gasteiger partial charge in [0.15, 0.2) is 0 Å². The highest BCUT2D eigenvalue weighted by molar-refractivity contribution is 6.11. The second kappa shape index (κ2) is 8.90. The van der Waals surface area contributed by atoms with Gasteiger partial charge < -0.3 is 19.6 Å². The Morgan fingerprint density at radius 3 is 1.22 bits per heavy atom. The van der Waals surface area contributed by atoms with Crippen molar-refractivity contribution in [2.75, 3.05) is 32.8 Å². The van der Waals surface area contributed by atoms with Crippen LogP contribution in [0.3, 0.4) is 0 Å². The van der Waals surface area contributed by atoms with Gasteiger partial charge >= 0.3 is 0 Å². The van der Waals surface area contributed by atoms with Gasteiger partial charge in [-0.05, 0) is 55.4 Å². The summed E-state index contributed by atoms with van der Waals surface area (Å²) in [5.41, 5.74) is 5.82. The van der Waals surface area contributed by atoms with Crippen LogP contribution < -0.4 is 0 Å². The van der Waals surface area contributed by atoms with E-state index < -0.39 is 0 Å². The van der Waals surface area contributed by atoms with Crippen LogP contribution >= 0.6 is 0 Å². The molecule has 23 heavy (non-hydrogen) atoms. The molecule has 5 heteroatoms. The zero-order valence-corrected chi connectivity index (χ0v) is 18.9. The summed E-state index contributed by atoms with van der Waals surface area (Å²) in [5.74, 6) is 0. The van der Waals surface area contributed by atoms with Crippen LogP contribution in [0, 0.1) is 0 Å². The van der Waals surface area contributed by atoms with Crippen molar-refractivity contribution in [2.45, 2.75) is 60.4 Å². The molecule has 0 spiro atoms.